The van der Waals surface area contributed by atoms with Crippen LogP contribution in [0.4, 0.5) is 5.69 Å². The molecule has 0 aliphatic rings. The fourth-order valence-electron chi connectivity index (χ4n) is 2.79. The minimum atomic E-state index is -1.01. The Bertz CT molecular complexity index is 1100. The van der Waals surface area contributed by atoms with Crippen LogP contribution < -0.4 is 15.5 Å². The molecule has 0 saturated carbocycles. The van der Waals surface area contributed by atoms with Gasteiger partial charge in [0.2, 0.25) is 0 Å². The SMILES string of the molecule is COc1c(C=NNC(=S)Nc2cccc(C(=O)O)c2)cccc1-c1ccc(Cl)cc1. The normalized spacial score (nSPS) is 10.6. The van der Waals surface area contributed by atoms with E-state index < -0.39 is 5.97 Å². The number of aromatic carboxylic acids is 1. The minimum absolute atomic E-state index is 0.162. The lowest BCUT2D eigenvalue weighted by Gasteiger charge is -2.12. The summed E-state index contributed by atoms with van der Waals surface area (Å²) in [4.78, 5) is 11.1. The number of hydrogen-bond acceptors (Lipinski definition) is 4. The highest BCUT2D eigenvalue weighted by molar-refractivity contribution is 7.80. The highest BCUT2D eigenvalue weighted by atomic mass is 35.5. The number of ether oxygens (including phenoxy) is 1. The molecular formula is C22H18ClN3O3S. The van der Waals surface area contributed by atoms with Crippen LogP contribution in [0.3, 0.4) is 0 Å². The minimum Gasteiger partial charge on any atom is -0.495 e. The first kappa shape index (κ1) is 21.3. The van der Waals surface area contributed by atoms with Gasteiger partial charge in [0.05, 0.1) is 18.9 Å². The summed E-state index contributed by atoms with van der Waals surface area (Å²) in [6.07, 6.45) is 1.60. The largest absolute Gasteiger partial charge is 0.495 e. The first-order valence-corrected chi connectivity index (χ1v) is 9.63. The Labute approximate surface area is 184 Å². The summed E-state index contributed by atoms with van der Waals surface area (Å²) in [5, 5.41) is 17.0. The standard InChI is InChI=1S/C22H18ClN3O3S/c1-29-20-16(5-3-7-19(20)14-8-10-17(23)11-9-14)13-24-26-22(30)25-18-6-2-4-15(12-18)21(27)28/h2-13H,1H3,(H,27,28)(H2,25,26,30). The van der Waals surface area contributed by atoms with Crippen LogP contribution >= 0.6 is 23.8 Å². The van der Waals surface area contributed by atoms with Gasteiger partial charge in [-0.2, -0.15) is 5.10 Å². The molecule has 3 N–H and O–H groups in total. The van der Waals surface area contributed by atoms with Crippen LogP contribution in [-0.2, 0) is 0 Å². The van der Waals surface area contributed by atoms with Crippen LogP contribution in [0.2, 0.25) is 5.02 Å². The molecule has 152 valence electrons. The smallest absolute Gasteiger partial charge is 0.335 e. The lowest BCUT2D eigenvalue weighted by molar-refractivity contribution is 0.0697. The predicted octanol–water partition coefficient (Wildman–Crippen LogP) is 5.03. The van der Waals surface area contributed by atoms with E-state index in [1.54, 1.807) is 25.5 Å². The monoisotopic (exact) mass is 439 g/mol. The number of methoxy groups -OCH3 is 1. The molecule has 6 nitrogen and oxygen atoms in total. The summed E-state index contributed by atoms with van der Waals surface area (Å²) in [6, 6.07) is 19.5. The zero-order valence-electron chi connectivity index (χ0n) is 15.9. The number of para-hydroxylation sites is 1. The van der Waals surface area contributed by atoms with Gasteiger partial charge in [0, 0.05) is 21.8 Å². The fourth-order valence-corrected chi connectivity index (χ4v) is 3.09. The van der Waals surface area contributed by atoms with Crippen molar-refractivity contribution >= 4 is 46.8 Å². The van der Waals surface area contributed by atoms with E-state index in [-0.39, 0.29) is 10.7 Å². The third kappa shape index (κ3) is 5.34. The fraction of sp³-hybridized carbons (Fsp3) is 0.0455. The maximum atomic E-state index is 11.1. The second-order valence-corrected chi connectivity index (χ2v) is 6.99. The molecular weight excluding hydrogens is 422 g/mol. The van der Waals surface area contributed by atoms with Gasteiger partial charge in [-0.05, 0) is 54.2 Å². The number of rotatable bonds is 6. The zero-order valence-corrected chi connectivity index (χ0v) is 17.5. The number of hydrazone groups is 1. The van der Waals surface area contributed by atoms with Crippen molar-refractivity contribution in [2.24, 2.45) is 5.10 Å². The molecule has 8 heteroatoms. The second-order valence-electron chi connectivity index (χ2n) is 6.15. The van der Waals surface area contributed by atoms with Crippen molar-refractivity contribution in [1.29, 1.82) is 0 Å². The van der Waals surface area contributed by atoms with Gasteiger partial charge in [-0.15, -0.1) is 0 Å². The molecule has 0 spiro atoms. The molecule has 0 fully saturated rings. The van der Waals surface area contributed by atoms with E-state index in [4.69, 9.17) is 33.7 Å². The Morgan fingerprint density at radius 1 is 1.13 bits per heavy atom. The molecule has 0 aliphatic heterocycles. The molecule has 30 heavy (non-hydrogen) atoms. The van der Waals surface area contributed by atoms with Crippen molar-refractivity contribution in [3.8, 4) is 16.9 Å². The number of carboxylic acids is 1. The Morgan fingerprint density at radius 2 is 1.87 bits per heavy atom. The van der Waals surface area contributed by atoms with Crippen molar-refractivity contribution in [2.75, 3.05) is 12.4 Å². The lowest BCUT2D eigenvalue weighted by atomic mass is 10.0. The number of carboxylic acid groups (broad SMARTS) is 1. The van der Waals surface area contributed by atoms with Gasteiger partial charge < -0.3 is 15.2 Å². The average Bonchev–Trinajstić information content (AvgIpc) is 2.74. The van der Waals surface area contributed by atoms with Crippen LogP contribution in [0, 0.1) is 0 Å². The van der Waals surface area contributed by atoms with Gasteiger partial charge >= 0.3 is 5.97 Å². The van der Waals surface area contributed by atoms with Gasteiger partial charge in [-0.3, -0.25) is 5.43 Å². The van der Waals surface area contributed by atoms with Crippen molar-refractivity contribution in [1.82, 2.24) is 5.43 Å². The highest BCUT2D eigenvalue weighted by Crippen LogP contribution is 2.32. The van der Waals surface area contributed by atoms with E-state index in [0.717, 1.165) is 16.7 Å². The molecule has 3 aromatic rings. The molecule has 0 aromatic heterocycles. The van der Waals surface area contributed by atoms with E-state index in [0.29, 0.717) is 16.5 Å². The molecule has 0 unspecified atom stereocenters. The molecule has 0 radical (unpaired) electrons. The Kier molecular flexibility index (Phi) is 7.00. The number of halogens is 1. The number of benzene rings is 3. The Balaban J connectivity index is 1.72. The van der Waals surface area contributed by atoms with E-state index in [2.05, 4.69) is 15.8 Å². The molecule has 3 rings (SSSR count). The van der Waals surface area contributed by atoms with E-state index >= 15 is 0 Å². The van der Waals surface area contributed by atoms with E-state index in [1.165, 1.54) is 12.1 Å². The highest BCUT2D eigenvalue weighted by Gasteiger charge is 2.10. The summed E-state index contributed by atoms with van der Waals surface area (Å²) in [5.41, 5.74) is 6.06. The van der Waals surface area contributed by atoms with Gasteiger partial charge in [-0.1, -0.05) is 41.9 Å². The van der Waals surface area contributed by atoms with Crippen LogP contribution in [0.5, 0.6) is 5.75 Å². The Hall–Kier alpha value is -3.42. The predicted molar refractivity (Wildman–Crippen MR) is 124 cm³/mol. The molecule has 3 aromatic carbocycles. The maximum absolute atomic E-state index is 11.1. The molecule has 0 heterocycles. The van der Waals surface area contributed by atoms with Crippen LogP contribution in [0.1, 0.15) is 15.9 Å². The van der Waals surface area contributed by atoms with Gasteiger partial charge in [-0.25, -0.2) is 4.79 Å². The number of thiocarbonyl (C=S) groups is 1. The third-order valence-corrected chi connectivity index (χ3v) is 4.59. The summed E-state index contributed by atoms with van der Waals surface area (Å²) < 4.78 is 5.59. The topological polar surface area (TPSA) is 83.0 Å². The molecule has 0 amide bonds. The van der Waals surface area contributed by atoms with Gasteiger partial charge in [0.25, 0.3) is 0 Å². The maximum Gasteiger partial charge on any atom is 0.335 e. The van der Waals surface area contributed by atoms with Crippen LogP contribution in [0.25, 0.3) is 11.1 Å². The summed E-state index contributed by atoms with van der Waals surface area (Å²) in [7, 11) is 1.60. The third-order valence-electron chi connectivity index (χ3n) is 4.14. The van der Waals surface area contributed by atoms with Crippen LogP contribution in [0.15, 0.2) is 71.8 Å². The molecule has 0 saturated heterocycles. The molecule has 0 aliphatic carbocycles. The number of carbonyl (C=O) groups is 1. The zero-order chi connectivity index (χ0) is 21.5. The second kappa shape index (κ2) is 9.87. The van der Waals surface area contributed by atoms with E-state index in [9.17, 15) is 4.79 Å². The number of hydrogen-bond donors (Lipinski definition) is 3. The van der Waals surface area contributed by atoms with Gasteiger partial charge in [0.1, 0.15) is 5.75 Å². The first-order chi connectivity index (χ1) is 14.5. The first-order valence-electron chi connectivity index (χ1n) is 8.84. The molecule has 0 atom stereocenters. The van der Waals surface area contributed by atoms with Crippen LogP contribution in [-0.4, -0.2) is 29.5 Å². The average molecular weight is 440 g/mol. The quantitative estimate of drug-likeness (QED) is 0.284. The number of nitrogens with one attached hydrogen (secondary N) is 2. The molecule has 0 bridgehead atoms. The number of nitrogens with zero attached hydrogens (tertiary/aromatic N) is 1. The summed E-state index contributed by atoms with van der Waals surface area (Å²) >= 11 is 11.2. The number of anilines is 1. The van der Waals surface area contributed by atoms with Crippen molar-refractivity contribution in [2.45, 2.75) is 0 Å². The van der Waals surface area contributed by atoms with Crippen molar-refractivity contribution in [3.05, 3.63) is 82.9 Å². The summed E-state index contributed by atoms with van der Waals surface area (Å²) in [6.45, 7) is 0. The van der Waals surface area contributed by atoms with Crippen molar-refractivity contribution < 1.29 is 14.6 Å². The van der Waals surface area contributed by atoms with Gasteiger partial charge in [0.15, 0.2) is 5.11 Å². The Morgan fingerprint density at radius 3 is 2.57 bits per heavy atom. The van der Waals surface area contributed by atoms with Crippen molar-refractivity contribution in [3.63, 3.8) is 0 Å². The lowest BCUT2D eigenvalue weighted by Crippen LogP contribution is -2.24. The van der Waals surface area contributed by atoms with E-state index in [1.807, 2.05) is 42.5 Å². The summed E-state index contributed by atoms with van der Waals surface area (Å²) in [5.74, 6) is -0.346.